The van der Waals surface area contributed by atoms with Crippen LogP contribution in [0, 0.1) is 0 Å². The lowest BCUT2D eigenvalue weighted by molar-refractivity contribution is 1.18. The molecule has 0 aromatic carbocycles. The fourth-order valence-corrected chi connectivity index (χ4v) is 1.41. The van der Waals surface area contributed by atoms with Gasteiger partial charge in [0.15, 0.2) is 0 Å². The van der Waals surface area contributed by atoms with Gasteiger partial charge in [0.05, 0.1) is 10.9 Å². The van der Waals surface area contributed by atoms with Crippen molar-refractivity contribution in [2.75, 3.05) is 11.6 Å². The molecule has 0 radical (unpaired) electrons. The Bertz CT molecular complexity index is 63.2. The molecule has 0 aliphatic carbocycles. The number of thioether (sulfide) groups is 1. The third kappa shape index (κ3) is 0.849. The van der Waals surface area contributed by atoms with Crippen molar-refractivity contribution in [3.8, 4) is 0 Å². The standard InChI is InChI=1S/C3H5NS2/c5-3-1-6-2-4-3/h1-2H2,(H,4,5). The van der Waals surface area contributed by atoms with Crippen molar-refractivity contribution in [1.29, 1.82) is 0 Å². The van der Waals surface area contributed by atoms with E-state index in [1.807, 2.05) is 11.8 Å². The Hall–Kier alpha value is 0.240. The van der Waals surface area contributed by atoms with E-state index in [1.165, 1.54) is 0 Å². The first-order valence-corrected chi connectivity index (χ1v) is 3.30. The van der Waals surface area contributed by atoms with Gasteiger partial charge in [-0.3, -0.25) is 0 Å². The van der Waals surface area contributed by atoms with Crippen LogP contribution in [0.2, 0.25) is 0 Å². The van der Waals surface area contributed by atoms with Crippen molar-refractivity contribution in [3.63, 3.8) is 0 Å². The zero-order valence-electron chi connectivity index (χ0n) is 3.23. The van der Waals surface area contributed by atoms with Crippen LogP contribution >= 0.6 is 24.0 Å². The van der Waals surface area contributed by atoms with E-state index in [-0.39, 0.29) is 0 Å². The van der Waals surface area contributed by atoms with Crippen LogP contribution < -0.4 is 5.32 Å². The normalized spacial score (nSPS) is 21.0. The smallest absolute Gasteiger partial charge is 0.0861 e. The maximum absolute atomic E-state index is 4.79. The SMILES string of the molecule is S=C1CSCN1. The molecule has 1 saturated heterocycles. The van der Waals surface area contributed by atoms with E-state index >= 15 is 0 Å². The third-order valence-corrected chi connectivity index (χ3v) is 1.92. The molecule has 1 rings (SSSR count). The predicted octanol–water partition coefficient (Wildman–Crippen LogP) is 0.608. The Balaban J connectivity index is 2.37. The fourth-order valence-electron chi connectivity index (χ4n) is 0.326. The Morgan fingerprint density at radius 3 is 2.83 bits per heavy atom. The van der Waals surface area contributed by atoms with Gasteiger partial charge in [-0.05, 0) is 0 Å². The maximum Gasteiger partial charge on any atom is 0.0861 e. The van der Waals surface area contributed by atoms with E-state index in [4.69, 9.17) is 12.2 Å². The summed E-state index contributed by atoms with van der Waals surface area (Å²) in [6.45, 7) is 0. The van der Waals surface area contributed by atoms with Crippen LogP contribution in [0.1, 0.15) is 0 Å². The molecule has 0 atom stereocenters. The molecule has 1 aliphatic heterocycles. The molecule has 1 N–H and O–H groups in total. The quantitative estimate of drug-likeness (QED) is 0.469. The zero-order chi connectivity index (χ0) is 4.41. The van der Waals surface area contributed by atoms with Gasteiger partial charge in [-0.1, -0.05) is 12.2 Å². The van der Waals surface area contributed by atoms with E-state index in [0.29, 0.717) is 0 Å². The monoisotopic (exact) mass is 119 g/mol. The predicted molar refractivity (Wildman–Crippen MR) is 33.1 cm³/mol. The molecule has 0 amide bonds. The maximum atomic E-state index is 4.79. The number of nitrogens with one attached hydrogen (secondary N) is 1. The van der Waals surface area contributed by atoms with Crippen LogP contribution in [-0.4, -0.2) is 16.6 Å². The highest BCUT2D eigenvalue weighted by Gasteiger charge is 2.01. The minimum Gasteiger partial charge on any atom is -0.370 e. The van der Waals surface area contributed by atoms with E-state index in [2.05, 4.69) is 5.32 Å². The van der Waals surface area contributed by atoms with Gasteiger partial charge in [0.1, 0.15) is 0 Å². The van der Waals surface area contributed by atoms with Crippen molar-refractivity contribution in [3.05, 3.63) is 0 Å². The molecule has 1 aliphatic rings. The number of thiocarbonyl (C=S) groups is 1. The molecule has 34 valence electrons. The van der Waals surface area contributed by atoms with Crippen molar-refractivity contribution in [2.24, 2.45) is 0 Å². The van der Waals surface area contributed by atoms with E-state index in [9.17, 15) is 0 Å². The average Bonchev–Trinajstić information content (AvgIpc) is 1.86. The van der Waals surface area contributed by atoms with E-state index in [0.717, 1.165) is 16.6 Å². The second-order valence-electron chi connectivity index (χ2n) is 1.09. The van der Waals surface area contributed by atoms with Gasteiger partial charge in [0, 0.05) is 5.75 Å². The average molecular weight is 119 g/mol. The Morgan fingerprint density at radius 1 is 1.83 bits per heavy atom. The van der Waals surface area contributed by atoms with Crippen LogP contribution in [0.4, 0.5) is 0 Å². The summed E-state index contributed by atoms with van der Waals surface area (Å²) in [5, 5.41) is 3.01. The summed E-state index contributed by atoms with van der Waals surface area (Å²) in [5.41, 5.74) is 0. The zero-order valence-corrected chi connectivity index (χ0v) is 4.86. The first kappa shape index (κ1) is 4.40. The number of hydrogen-bond donors (Lipinski definition) is 1. The topological polar surface area (TPSA) is 12.0 Å². The van der Waals surface area contributed by atoms with Crippen LogP contribution in [-0.2, 0) is 0 Å². The molecule has 6 heavy (non-hydrogen) atoms. The van der Waals surface area contributed by atoms with Crippen molar-refractivity contribution in [1.82, 2.24) is 5.32 Å². The summed E-state index contributed by atoms with van der Waals surface area (Å²) in [7, 11) is 0. The molecule has 3 heteroatoms. The highest BCUT2D eigenvalue weighted by molar-refractivity contribution is 8.01. The van der Waals surface area contributed by atoms with Crippen molar-refractivity contribution < 1.29 is 0 Å². The highest BCUT2D eigenvalue weighted by Crippen LogP contribution is 2.03. The largest absolute Gasteiger partial charge is 0.370 e. The first-order valence-electron chi connectivity index (χ1n) is 1.74. The van der Waals surface area contributed by atoms with Gasteiger partial charge < -0.3 is 5.32 Å². The van der Waals surface area contributed by atoms with Crippen LogP contribution in [0.25, 0.3) is 0 Å². The summed E-state index contributed by atoms with van der Waals surface area (Å²) in [5.74, 6) is 2.04. The Labute approximate surface area is 46.5 Å². The van der Waals surface area contributed by atoms with Gasteiger partial charge >= 0.3 is 0 Å². The third-order valence-electron chi connectivity index (χ3n) is 0.605. The van der Waals surface area contributed by atoms with Gasteiger partial charge in [0.2, 0.25) is 0 Å². The summed E-state index contributed by atoms with van der Waals surface area (Å²) in [6.07, 6.45) is 0. The van der Waals surface area contributed by atoms with Gasteiger partial charge in [-0.2, -0.15) is 0 Å². The molecule has 0 aromatic rings. The molecule has 0 aromatic heterocycles. The molecular formula is C3H5NS2. The molecule has 1 nitrogen and oxygen atoms in total. The van der Waals surface area contributed by atoms with E-state index < -0.39 is 0 Å². The molecule has 0 saturated carbocycles. The molecule has 0 bridgehead atoms. The second kappa shape index (κ2) is 1.80. The van der Waals surface area contributed by atoms with Crippen molar-refractivity contribution in [2.45, 2.75) is 0 Å². The second-order valence-corrected chi connectivity index (χ2v) is 2.57. The van der Waals surface area contributed by atoms with Crippen LogP contribution in [0.3, 0.4) is 0 Å². The molecular weight excluding hydrogens is 114 g/mol. The van der Waals surface area contributed by atoms with Gasteiger partial charge in [-0.25, -0.2) is 0 Å². The molecule has 1 heterocycles. The fraction of sp³-hybridized carbons (Fsp3) is 0.667. The minimum absolute atomic E-state index is 1.00. The molecule has 1 fully saturated rings. The van der Waals surface area contributed by atoms with Crippen LogP contribution in [0.15, 0.2) is 0 Å². The lowest BCUT2D eigenvalue weighted by Crippen LogP contribution is -2.12. The summed E-state index contributed by atoms with van der Waals surface area (Å²) in [4.78, 5) is 1.00. The van der Waals surface area contributed by atoms with Crippen molar-refractivity contribution >= 4 is 29.0 Å². The lowest BCUT2D eigenvalue weighted by Gasteiger charge is -1.82. The number of rotatable bonds is 0. The Kier molecular flexibility index (Phi) is 1.32. The van der Waals surface area contributed by atoms with Crippen LogP contribution in [0.5, 0.6) is 0 Å². The Morgan fingerprint density at radius 2 is 2.67 bits per heavy atom. The minimum atomic E-state index is 1.00. The summed E-state index contributed by atoms with van der Waals surface area (Å²) < 4.78 is 0. The lowest BCUT2D eigenvalue weighted by atomic mass is 10.8. The highest BCUT2D eigenvalue weighted by atomic mass is 32.2. The summed E-state index contributed by atoms with van der Waals surface area (Å²) >= 11 is 6.62. The van der Waals surface area contributed by atoms with Gasteiger partial charge in [-0.15, -0.1) is 11.8 Å². The number of hydrogen-bond acceptors (Lipinski definition) is 2. The van der Waals surface area contributed by atoms with E-state index in [1.54, 1.807) is 0 Å². The summed E-state index contributed by atoms with van der Waals surface area (Å²) in [6, 6.07) is 0. The van der Waals surface area contributed by atoms with Gasteiger partial charge in [0.25, 0.3) is 0 Å². The molecule has 0 spiro atoms. The molecule has 0 unspecified atom stereocenters. The first-order chi connectivity index (χ1) is 2.89.